The van der Waals surface area contributed by atoms with Crippen molar-refractivity contribution in [3.05, 3.63) is 63.6 Å². The molecule has 0 fully saturated rings. The highest BCUT2D eigenvalue weighted by molar-refractivity contribution is 6.32. The van der Waals surface area contributed by atoms with Crippen LogP contribution in [0, 0.1) is 11.3 Å². The Bertz CT molecular complexity index is 920. The van der Waals surface area contributed by atoms with Crippen LogP contribution in [0.3, 0.4) is 0 Å². The maximum Gasteiger partial charge on any atom is 0.341 e. The van der Waals surface area contributed by atoms with Crippen molar-refractivity contribution in [2.45, 2.75) is 0 Å². The third kappa shape index (κ3) is 5.52. The van der Waals surface area contributed by atoms with Crippen LogP contribution in [-0.2, 0) is 9.59 Å². The van der Waals surface area contributed by atoms with E-state index in [9.17, 15) is 14.9 Å². The molecule has 0 saturated heterocycles. The molecular formula is C18H12Cl2N2O4. The largest absolute Gasteiger partial charge is 0.480 e. The molecule has 0 radical (unpaired) electrons. The summed E-state index contributed by atoms with van der Waals surface area (Å²) < 4.78 is 5.01. The lowest BCUT2D eigenvalue weighted by Crippen LogP contribution is -2.13. The third-order valence-electron chi connectivity index (χ3n) is 3.07. The minimum absolute atomic E-state index is 0.139. The summed E-state index contributed by atoms with van der Waals surface area (Å²) in [6, 6.07) is 12.8. The molecule has 0 aliphatic heterocycles. The molecule has 0 unspecified atom stereocenters. The number of carboxylic acids is 1. The van der Waals surface area contributed by atoms with E-state index in [1.807, 2.05) is 6.07 Å². The summed E-state index contributed by atoms with van der Waals surface area (Å²) in [5, 5.41) is 21.0. The van der Waals surface area contributed by atoms with E-state index in [1.54, 1.807) is 30.3 Å². The second-order valence-electron chi connectivity index (χ2n) is 5.01. The highest BCUT2D eigenvalue weighted by Gasteiger charge is 2.11. The first kappa shape index (κ1) is 19.3. The number of amides is 1. The van der Waals surface area contributed by atoms with E-state index < -0.39 is 18.5 Å². The van der Waals surface area contributed by atoms with Gasteiger partial charge in [0, 0.05) is 10.7 Å². The van der Waals surface area contributed by atoms with Crippen molar-refractivity contribution in [3.63, 3.8) is 0 Å². The van der Waals surface area contributed by atoms with Gasteiger partial charge < -0.3 is 15.2 Å². The van der Waals surface area contributed by atoms with E-state index in [2.05, 4.69) is 5.32 Å². The highest BCUT2D eigenvalue weighted by Crippen LogP contribution is 2.26. The summed E-state index contributed by atoms with van der Waals surface area (Å²) in [6.07, 6.45) is 1.35. The number of nitriles is 1. The van der Waals surface area contributed by atoms with Crippen LogP contribution in [0.5, 0.6) is 5.75 Å². The number of rotatable bonds is 6. The van der Waals surface area contributed by atoms with Crippen LogP contribution >= 0.6 is 23.2 Å². The van der Waals surface area contributed by atoms with E-state index in [0.29, 0.717) is 16.3 Å². The zero-order valence-electron chi connectivity index (χ0n) is 13.2. The SMILES string of the molecule is N#C/C(=C\c1ccc(OCC(=O)O)c(Cl)c1)C(=O)Nc1cccc(Cl)c1. The zero-order valence-corrected chi connectivity index (χ0v) is 14.7. The minimum Gasteiger partial charge on any atom is -0.480 e. The summed E-state index contributed by atoms with van der Waals surface area (Å²) in [5.41, 5.74) is 0.801. The molecule has 0 aromatic heterocycles. The van der Waals surface area contributed by atoms with Crippen LogP contribution in [-0.4, -0.2) is 23.6 Å². The predicted octanol–water partition coefficient (Wildman–Crippen LogP) is 4.00. The van der Waals surface area contributed by atoms with E-state index in [0.717, 1.165) is 0 Å². The van der Waals surface area contributed by atoms with Crippen molar-refractivity contribution < 1.29 is 19.4 Å². The number of carbonyl (C=O) groups is 2. The number of hydrogen-bond acceptors (Lipinski definition) is 4. The first-order valence-electron chi connectivity index (χ1n) is 7.22. The van der Waals surface area contributed by atoms with Crippen molar-refractivity contribution >= 4 is 46.8 Å². The van der Waals surface area contributed by atoms with E-state index in [1.165, 1.54) is 18.2 Å². The number of halogens is 2. The molecule has 26 heavy (non-hydrogen) atoms. The minimum atomic E-state index is -1.13. The van der Waals surface area contributed by atoms with Gasteiger partial charge in [0.1, 0.15) is 17.4 Å². The van der Waals surface area contributed by atoms with Crippen LogP contribution in [0.25, 0.3) is 6.08 Å². The van der Waals surface area contributed by atoms with E-state index >= 15 is 0 Å². The van der Waals surface area contributed by atoms with Gasteiger partial charge in [-0.1, -0.05) is 35.3 Å². The molecule has 2 aromatic rings. The summed E-state index contributed by atoms with van der Waals surface area (Å²) in [4.78, 5) is 22.7. The van der Waals surface area contributed by atoms with Crippen LogP contribution < -0.4 is 10.1 Å². The van der Waals surface area contributed by atoms with Gasteiger partial charge in [-0.2, -0.15) is 5.26 Å². The molecule has 0 atom stereocenters. The number of nitrogens with one attached hydrogen (secondary N) is 1. The molecule has 0 bridgehead atoms. The number of aliphatic carboxylic acids is 1. The Morgan fingerprint density at radius 3 is 2.62 bits per heavy atom. The van der Waals surface area contributed by atoms with Gasteiger partial charge in [-0.3, -0.25) is 4.79 Å². The van der Waals surface area contributed by atoms with Gasteiger partial charge in [-0.15, -0.1) is 0 Å². The fourth-order valence-corrected chi connectivity index (χ4v) is 2.38. The van der Waals surface area contributed by atoms with E-state index in [4.69, 9.17) is 33.0 Å². The van der Waals surface area contributed by atoms with E-state index in [-0.39, 0.29) is 16.3 Å². The molecule has 0 aliphatic rings. The summed E-state index contributed by atoms with van der Waals surface area (Å²) >= 11 is 11.9. The lowest BCUT2D eigenvalue weighted by atomic mass is 10.1. The molecular weight excluding hydrogens is 379 g/mol. The Balaban J connectivity index is 2.17. The summed E-state index contributed by atoms with van der Waals surface area (Å²) in [6.45, 7) is -0.527. The molecule has 132 valence electrons. The molecule has 1 amide bonds. The molecule has 0 heterocycles. The molecule has 0 saturated carbocycles. The van der Waals surface area contributed by atoms with Gasteiger partial charge in [0.25, 0.3) is 5.91 Å². The molecule has 8 heteroatoms. The van der Waals surface area contributed by atoms with Crippen molar-refractivity contribution in [2.75, 3.05) is 11.9 Å². The lowest BCUT2D eigenvalue weighted by Gasteiger charge is -2.07. The van der Waals surface area contributed by atoms with Crippen molar-refractivity contribution in [3.8, 4) is 11.8 Å². The van der Waals surface area contributed by atoms with Crippen molar-refractivity contribution in [1.29, 1.82) is 5.26 Å². The molecule has 2 N–H and O–H groups in total. The molecule has 0 spiro atoms. The monoisotopic (exact) mass is 390 g/mol. The number of carbonyl (C=O) groups excluding carboxylic acids is 1. The third-order valence-corrected chi connectivity index (χ3v) is 3.60. The smallest absolute Gasteiger partial charge is 0.341 e. The normalized spacial score (nSPS) is 10.7. The number of anilines is 1. The Morgan fingerprint density at radius 2 is 2.00 bits per heavy atom. The lowest BCUT2D eigenvalue weighted by molar-refractivity contribution is -0.139. The number of hydrogen-bond donors (Lipinski definition) is 2. The molecule has 6 nitrogen and oxygen atoms in total. The van der Waals surface area contributed by atoms with Crippen LogP contribution in [0.15, 0.2) is 48.0 Å². The number of ether oxygens (including phenoxy) is 1. The average Bonchev–Trinajstić information content (AvgIpc) is 2.58. The average molecular weight is 391 g/mol. The first-order chi connectivity index (χ1) is 12.4. The molecule has 2 aromatic carbocycles. The van der Waals surface area contributed by atoms with Gasteiger partial charge in [0.2, 0.25) is 0 Å². The summed E-state index contributed by atoms with van der Waals surface area (Å²) in [5.74, 6) is -1.54. The van der Waals surface area contributed by atoms with Gasteiger partial charge in [0.05, 0.1) is 5.02 Å². The fourth-order valence-electron chi connectivity index (χ4n) is 1.94. The number of nitrogens with zero attached hydrogens (tertiary/aromatic N) is 1. The Kier molecular flexibility index (Phi) is 6.61. The van der Waals surface area contributed by atoms with Crippen LogP contribution in [0.4, 0.5) is 5.69 Å². The Labute approximate surface area is 159 Å². The molecule has 0 aliphatic carbocycles. The Morgan fingerprint density at radius 1 is 1.23 bits per heavy atom. The summed E-state index contributed by atoms with van der Waals surface area (Å²) in [7, 11) is 0. The zero-order chi connectivity index (χ0) is 19.1. The quantitative estimate of drug-likeness (QED) is 0.573. The topological polar surface area (TPSA) is 99.4 Å². The Hall–Kier alpha value is -3.01. The first-order valence-corrected chi connectivity index (χ1v) is 7.97. The maximum atomic E-state index is 12.2. The number of carboxylic acid groups (broad SMARTS) is 1. The fraction of sp³-hybridized carbons (Fsp3) is 0.0556. The van der Waals surface area contributed by atoms with Crippen LogP contribution in [0.1, 0.15) is 5.56 Å². The maximum absolute atomic E-state index is 12.2. The predicted molar refractivity (Wildman–Crippen MR) is 98.3 cm³/mol. The van der Waals surface area contributed by atoms with Gasteiger partial charge in [0.15, 0.2) is 6.61 Å². The van der Waals surface area contributed by atoms with Crippen molar-refractivity contribution in [1.82, 2.24) is 0 Å². The van der Waals surface area contributed by atoms with Crippen LogP contribution in [0.2, 0.25) is 10.0 Å². The van der Waals surface area contributed by atoms with Gasteiger partial charge >= 0.3 is 5.97 Å². The molecule has 2 rings (SSSR count). The standard InChI is InChI=1S/C18H12Cl2N2O4/c19-13-2-1-3-14(8-13)22-18(25)12(9-21)6-11-4-5-16(15(20)7-11)26-10-17(23)24/h1-8H,10H2,(H,22,25)(H,23,24)/b12-6+. The number of benzene rings is 2. The second-order valence-corrected chi connectivity index (χ2v) is 5.85. The van der Waals surface area contributed by atoms with Gasteiger partial charge in [-0.25, -0.2) is 4.79 Å². The van der Waals surface area contributed by atoms with Gasteiger partial charge in [-0.05, 0) is 42.0 Å². The van der Waals surface area contributed by atoms with Crippen molar-refractivity contribution in [2.24, 2.45) is 0 Å². The highest BCUT2D eigenvalue weighted by atomic mass is 35.5. The second kappa shape index (κ2) is 8.90.